The number of hydrogen-bond acceptors (Lipinski definition) is 3. The van der Waals surface area contributed by atoms with Crippen molar-refractivity contribution in [2.45, 2.75) is 0 Å². The van der Waals surface area contributed by atoms with Crippen molar-refractivity contribution < 1.29 is 0 Å². The monoisotopic (exact) mass is 332 g/mol. The van der Waals surface area contributed by atoms with Gasteiger partial charge in [0, 0.05) is 16.8 Å². The molecule has 3 aromatic rings. The maximum absolute atomic E-state index is 6.25. The second kappa shape index (κ2) is 6.39. The average Bonchev–Trinajstić information content (AvgIpc) is 2.88. The van der Waals surface area contributed by atoms with Crippen LogP contribution in [-0.4, -0.2) is 11.2 Å². The fourth-order valence-corrected chi connectivity index (χ4v) is 2.95. The van der Waals surface area contributed by atoms with Gasteiger partial charge in [0.25, 0.3) is 0 Å². The first-order chi connectivity index (χ1) is 10.2. The van der Waals surface area contributed by atoms with E-state index < -0.39 is 0 Å². The number of nitrogens with zero attached hydrogens (tertiary/aromatic N) is 2. The molecule has 0 radical (unpaired) electrons. The van der Waals surface area contributed by atoms with E-state index in [0.717, 1.165) is 16.8 Å². The summed E-state index contributed by atoms with van der Waals surface area (Å²) in [6.45, 7) is 0. The van der Waals surface area contributed by atoms with E-state index in [1.165, 1.54) is 11.3 Å². The summed E-state index contributed by atoms with van der Waals surface area (Å²) in [5, 5.41) is 1.32. The summed E-state index contributed by atoms with van der Waals surface area (Å²) >= 11 is 13.5. The fourth-order valence-electron chi connectivity index (χ4n) is 1.80. The van der Waals surface area contributed by atoms with E-state index in [0.29, 0.717) is 14.5 Å². The van der Waals surface area contributed by atoms with Crippen LogP contribution in [-0.2, 0) is 0 Å². The van der Waals surface area contributed by atoms with Crippen molar-refractivity contribution in [2.75, 3.05) is 0 Å². The van der Waals surface area contributed by atoms with Gasteiger partial charge in [-0.05, 0) is 17.7 Å². The van der Waals surface area contributed by atoms with Crippen molar-refractivity contribution in [3.05, 3.63) is 69.5 Å². The lowest BCUT2D eigenvalue weighted by molar-refractivity contribution is 1.36. The number of aromatic nitrogens is 1. The Hall–Kier alpha value is -1.68. The molecule has 0 saturated heterocycles. The molecule has 0 saturated carbocycles. The molecule has 1 aromatic heterocycles. The zero-order chi connectivity index (χ0) is 14.7. The topological polar surface area (TPSA) is 25.2 Å². The lowest BCUT2D eigenvalue weighted by Crippen LogP contribution is -1.79. The van der Waals surface area contributed by atoms with Crippen molar-refractivity contribution in [3.8, 4) is 11.3 Å². The summed E-state index contributed by atoms with van der Waals surface area (Å²) < 4.78 is 0.623. The van der Waals surface area contributed by atoms with Gasteiger partial charge in [-0.2, -0.15) is 0 Å². The number of halogens is 2. The van der Waals surface area contributed by atoms with E-state index >= 15 is 0 Å². The molecule has 3 rings (SSSR count). The summed E-state index contributed by atoms with van der Waals surface area (Å²) in [4.78, 5) is 8.84. The molecule has 21 heavy (non-hydrogen) atoms. The van der Waals surface area contributed by atoms with Gasteiger partial charge in [0.2, 0.25) is 5.13 Å². The summed E-state index contributed by atoms with van der Waals surface area (Å²) in [6, 6.07) is 17.3. The second-order valence-electron chi connectivity index (χ2n) is 4.29. The van der Waals surface area contributed by atoms with Crippen LogP contribution in [0.1, 0.15) is 5.56 Å². The molecule has 2 nitrogen and oxygen atoms in total. The van der Waals surface area contributed by atoms with Crippen LogP contribution in [0.3, 0.4) is 0 Å². The molecule has 5 heteroatoms. The Labute approximate surface area is 136 Å². The van der Waals surface area contributed by atoms with Crippen LogP contribution < -0.4 is 0 Å². The van der Waals surface area contributed by atoms with Crippen LogP contribution in [0.25, 0.3) is 11.3 Å². The SMILES string of the molecule is Clc1ccc(-c2nc(N=Cc3ccccc3)sc2Cl)cc1. The van der Waals surface area contributed by atoms with Gasteiger partial charge in [-0.25, -0.2) is 9.98 Å². The maximum atomic E-state index is 6.25. The van der Waals surface area contributed by atoms with Crippen LogP contribution in [0.4, 0.5) is 5.13 Å². The number of thiazole rings is 1. The van der Waals surface area contributed by atoms with Gasteiger partial charge in [0.05, 0.1) is 0 Å². The third-order valence-electron chi connectivity index (χ3n) is 2.82. The molecule has 0 atom stereocenters. The maximum Gasteiger partial charge on any atom is 0.211 e. The van der Waals surface area contributed by atoms with Crippen LogP contribution in [0.2, 0.25) is 9.36 Å². The van der Waals surface area contributed by atoms with Gasteiger partial charge in [-0.1, -0.05) is 77.0 Å². The zero-order valence-corrected chi connectivity index (χ0v) is 13.2. The Bertz CT molecular complexity index is 765. The molecule has 0 spiro atoms. The molecule has 0 aliphatic carbocycles. The van der Waals surface area contributed by atoms with E-state index in [-0.39, 0.29) is 0 Å². The first kappa shape index (κ1) is 14.3. The quantitative estimate of drug-likeness (QED) is 0.551. The Balaban J connectivity index is 1.88. The van der Waals surface area contributed by atoms with Crippen LogP contribution in [0.5, 0.6) is 0 Å². The lowest BCUT2D eigenvalue weighted by atomic mass is 10.2. The molecule has 0 fully saturated rings. The van der Waals surface area contributed by atoms with Gasteiger partial charge in [0.1, 0.15) is 10.0 Å². The van der Waals surface area contributed by atoms with E-state index in [1.54, 1.807) is 6.21 Å². The minimum Gasteiger partial charge on any atom is -0.227 e. The highest BCUT2D eigenvalue weighted by atomic mass is 35.5. The summed E-state index contributed by atoms with van der Waals surface area (Å²) in [5.41, 5.74) is 2.69. The van der Waals surface area contributed by atoms with Crippen molar-refractivity contribution in [3.63, 3.8) is 0 Å². The predicted octanol–water partition coefficient (Wildman–Crippen LogP) is 5.87. The van der Waals surface area contributed by atoms with Crippen molar-refractivity contribution in [1.82, 2.24) is 4.98 Å². The number of benzene rings is 2. The Kier molecular flexibility index (Phi) is 4.34. The fraction of sp³-hybridized carbons (Fsp3) is 0. The highest BCUT2D eigenvalue weighted by Crippen LogP contribution is 2.36. The first-order valence-corrected chi connectivity index (χ1v) is 7.81. The summed E-state index contributed by atoms with van der Waals surface area (Å²) in [7, 11) is 0. The lowest BCUT2D eigenvalue weighted by Gasteiger charge is -1.96. The van der Waals surface area contributed by atoms with Crippen molar-refractivity contribution >= 4 is 45.9 Å². The zero-order valence-electron chi connectivity index (χ0n) is 10.8. The molecule has 0 amide bonds. The van der Waals surface area contributed by atoms with E-state index in [9.17, 15) is 0 Å². The van der Waals surface area contributed by atoms with Crippen LogP contribution >= 0.6 is 34.5 Å². The summed E-state index contributed by atoms with van der Waals surface area (Å²) in [6.07, 6.45) is 1.78. The van der Waals surface area contributed by atoms with Gasteiger partial charge in [0.15, 0.2) is 0 Å². The van der Waals surface area contributed by atoms with Gasteiger partial charge in [-0.3, -0.25) is 0 Å². The van der Waals surface area contributed by atoms with Crippen molar-refractivity contribution in [2.24, 2.45) is 4.99 Å². The Morgan fingerprint density at radius 3 is 2.38 bits per heavy atom. The minimum absolute atomic E-state index is 0.623. The molecule has 0 bridgehead atoms. The number of aliphatic imine (C=N–C) groups is 1. The van der Waals surface area contributed by atoms with Crippen molar-refractivity contribution in [1.29, 1.82) is 0 Å². The molecular weight excluding hydrogens is 323 g/mol. The molecule has 0 unspecified atom stereocenters. The highest BCUT2D eigenvalue weighted by Gasteiger charge is 2.10. The van der Waals surface area contributed by atoms with Crippen LogP contribution in [0, 0.1) is 0 Å². The standard InChI is InChI=1S/C16H10Cl2N2S/c17-13-8-6-12(7-9-13)14-15(18)21-16(20-14)19-10-11-4-2-1-3-5-11/h1-10H. The van der Waals surface area contributed by atoms with Crippen LogP contribution in [0.15, 0.2) is 59.6 Å². The van der Waals surface area contributed by atoms with E-state index in [4.69, 9.17) is 23.2 Å². The van der Waals surface area contributed by atoms with E-state index in [2.05, 4.69) is 9.98 Å². The predicted molar refractivity (Wildman–Crippen MR) is 91.3 cm³/mol. The number of hydrogen-bond donors (Lipinski definition) is 0. The van der Waals surface area contributed by atoms with Gasteiger partial charge < -0.3 is 0 Å². The highest BCUT2D eigenvalue weighted by molar-refractivity contribution is 7.19. The largest absolute Gasteiger partial charge is 0.227 e. The third kappa shape index (κ3) is 3.50. The summed E-state index contributed by atoms with van der Waals surface area (Å²) in [5.74, 6) is 0. The smallest absolute Gasteiger partial charge is 0.211 e. The normalized spacial score (nSPS) is 11.1. The number of rotatable bonds is 3. The molecule has 104 valence electrons. The molecule has 1 heterocycles. The molecule has 2 aromatic carbocycles. The molecule has 0 aliphatic heterocycles. The van der Waals surface area contributed by atoms with Gasteiger partial charge >= 0.3 is 0 Å². The minimum atomic E-state index is 0.623. The third-order valence-corrected chi connectivity index (χ3v) is 4.23. The van der Waals surface area contributed by atoms with Gasteiger partial charge in [-0.15, -0.1) is 0 Å². The molecule has 0 N–H and O–H groups in total. The Morgan fingerprint density at radius 1 is 0.952 bits per heavy atom. The average molecular weight is 333 g/mol. The molecule has 0 aliphatic rings. The first-order valence-electron chi connectivity index (χ1n) is 6.24. The Morgan fingerprint density at radius 2 is 1.67 bits per heavy atom. The second-order valence-corrected chi connectivity index (χ2v) is 6.31. The molecular formula is C16H10Cl2N2S. The van der Waals surface area contributed by atoms with E-state index in [1.807, 2.05) is 54.6 Å².